The van der Waals surface area contributed by atoms with E-state index in [1.807, 2.05) is 73.8 Å². The molecule has 8 nitrogen and oxygen atoms in total. The molecule has 9 heteroatoms. The average Bonchev–Trinajstić information content (AvgIpc) is 3.43. The number of nitrogens with one attached hydrogen (secondary N) is 2. The number of nitrogens with zero attached hydrogens (tertiary/aromatic N) is 4. The number of rotatable bonds is 6. The standard InChI is InChI=1S/C35H38N6O2S/c1-24-9-14-28(15-10-24)41-32(21-31(39-41)35(2,3)4)38-34(42)37-30-16-12-25-7-5-6-8-29(25)33(30)26-11-13-27(36-22-26)23-40-17-19-44(43)20-18-40/h5-16,21-22H,17-20,23H2,1-4H3,(H2,37,38,42). The van der Waals surface area contributed by atoms with Gasteiger partial charge in [-0.25, -0.2) is 9.48 Å². The van der Waals surface area contributed by atoms with Gasteiger partial charge in [-0.05, 0) is 42.0 Å². The Hall–Kier alpha value is -4.34. The monoisotopic (exact) mass is 606 g/mol. The van der Waals surface area contributed by atoms with Crippen LogP contribution < -0.4 is 10.6 Å². The average molecular weight is 607 g/mol. The fourth-order valence-electron chi connectivity index (χ4n) is 5.40. The molecule has 0 aliphatic carbocycles. The van der Waals surface area contributed by atoms with Gasteiger partial charge in [-0.1, -0.05) is 74.9 Å². The third kappa shape index (κ3) is 6.59. The lowest BCUT2D eigenvalue weighted by Crippen LogP contribution is -2.37. The first-order valence-corrected chi connectivity index (χ1v) is 16.4. The second-order valence-electron chi connectivity index (χ2n) is 12.4. The highest BCUT2D eigenvalue weighted by molar-refractivity contribution is 7.85. The molecule has 3 aromatic carbocycles. The highest BCUT2D eigenvalue weighted by Crippen LogP contribution is 2.36. The number of hydrogen-bond acceptors (Lipinski definition) is 5. The molecule has 0 saturated carbocycles. The number of hydrogen-bond donors (Lipinski definition) is 2. The van der Waals surface area contributed by atoms with Gasteiger partial charge >= 0.3 is 6.03 Å². The van der Waals surface area contributed by atoms with Crippen molar-refractivity contribution >= 4 is 39.1 Å². The van der Waals surface area contributed by atoms with Crippen molar-refractivity contribution in [2.24, 2.45) is 0 Å². The van der Waals surface area contributed by atoms with Crippen LogP contribution in [0.2, 0.25) is 0 Å². The Balaban J connectivity index is 1.29. The minimum Gasteiger partial charge on any atom is -0.307 e. The van der Waals surface area contributed by atoms with Gasteiger partial charge in [0.2, 0.25) is 0 Å². The van der Waals surface area contributed by atoms with Gasteiger partial charge in [0.25, 0.3) is 0 Å². The molecular formula is C35H38N6O2S. The molecule has 0 atom stereocenters. The summed E-state index contributed by atoms with van der Waals surface area (Å²) in [5, 5.41) is 13.1. The maximum Gasteiger partial charge on any atom is 0.324 e. The largest absolute Gasteiger partial charge is 0.324 e. The molecule has 1 saturated heterocycles. The van der Waals surface area contributed by atoms with Crippen molar-refractivity contribution < 1.29 is 9.00 Å². The predicted molar refractivity (Wildman–Crippen MR) is 180 cm³/mol. The highest BCUT2D eigenvalue weighted by Gasteiger charge is 2.22. The van der Waals surface area contributed by atoms with Gasteiger partial charge in [-0.2, -0.15) is 5.10 Å². The minimum absolute atomic E-state index is 0.194. The molecule has 0 unspecified atom stereocenters. The number of anilines is 2. The predicted octanol–water partition coefficient (Wildman–Crippen LogP) is 6.90. The van der Waals surface area contributed by atoms with Gasteiger partial charge in [0.1, 0.15) is 5.82 Å². The van der Waals surface area contributed by atoms with E-state index in [-0.39, 0.29) is 11.4 Å². The minimum atomic E-state index is -0.704. The second kappa shape index (κ2) is 12.3. The summed E-state index contributed by atoms with van der Waals surface area (Å²) in [5.41, 5.74) is 6.19. The lowest BCUT2D eigenvalue weighted by Gasteiger charge is -2.25. The van der Waals surface area contributed by atoms with Gasteiger partial charge in [0.05, 0.1) is 22.8 Å². The molecule has 1 aliphatic heterocycles. The third-order valence-corrected chi connectivity index (χ3v) is 9.22. The van der Waals surface area contributed by atoms with E-state index in [9.17, 15) is 9.00 Å². The zero-order chi connectivity index (χ0) is 30.8. The first-order valence-electron chi connectivity index (χ1n) is 14.9. The molecule has 5 aromatic rings. The van der Waals surface area contributed by atoms with Crippen LogP contribution in [0.5, 0.6) is 0 Å². The summed E-state index contributed by atoms with van der Waals surface area (Å²) < 4.78 is 13.5. The third-order valence-electron chi connectivity index (χ3n) is 7.94. The van der Waals surface area contributed by atoms with Crippen LogP contribution in [0.4, 0.5) is 16.3 Å². The van der Waals surface area contributed by atoms with E-state index >= 15 is 0 Å². The van der Waals surface area contributed by atoms with Crippen LogP contribution in [0.25, 0.3) is 27.6 Å². The van der Waals surface area contributed by atoms with Crippen LogP contribution in [0.3, 0.4) is 0 Å². The van der Waals surface area contributed by atoms with Crippen LogP contribution in [0.15, 0.2) is 85.1 Å². The number of benzene rings is 3. The van der Waals surface area contributed by atoms with Crippen molar-refractivity contribution in [3.8, 4) is 16.8 Å². The molecule has 0 radical (unpaired) electrons. The Morgan fingerprint density at radius 3 is 2.39 bits per heavy atom. The van der Waals surface area contributed by atoms with Crippen molar-refractivity contribution in [3.63, 3.8) is 0 Å². The lowest BCUT2D eigenvalue weighted by atomic mass is 9.92. The van der Waals surface area contributed by atoms with E-state index in [0.717, 1.165) is 64.2 Å². The summed E-state index contributed by atoms with van der Waals surface area (Å²) in [4.78, 5) is 20.7. The normalized spacial score (nSPS) is 14.5. The fraction of sp³-hybridized carbons (Fsp3) is 0.286. The molecule has 2 N–H and O–H groups in total. The molecule has 44 heavy (non-hydrogen) atoms. The number of carbonyl (C=O) groups excluding carboxylic acids is 1. The molecule has 1 fully saturated rings. The van der Waals surface area contributed by atoms with Gasteiger partial charge in [-0.15, -0.1) is 0 Å². The topological polar surface area (TPSA) is 92.2 Å². The maximum absolute atomic E-state index is 13.6. The molecule has 2 amide bonds. The summed E-state index contributed by atoms with van der Waals surface area (Å²) in [5.74, 6) is 2.02. The van der Waals surface area contributed by atoms with Gasteiger partial charge in [0, 0.05) is 70.7 Å². The van der Waals surface area contributed by atoms with E-state index in [1.165, 1.54) is 0 Å². The number of amides is 2. The van der Waals surface area contributed by atoms with E-state index < -0.39 is 10.8 Å². The van der Waals surface area contributed by atoms with Crippen molar-refractivity contribution in [3.05, 3.63) is 102 Å². The zero-order valence-electron chi connectivity index (χ0n) is 25.6. The lowest BCUT2D eigenvalue weighted by molar-refractivity contribution is 0.262. The zero-order valence-corrected chi connectivity index (χ0v) is 26.4. The van der Waals surface area contributed by atoms with E-state index in [2.05, 4.69) is 54.5 Å². The van der Waals surface area contributed by atoms with E-state index in [0.29, 0.717) is 23.0 Å². The van der Waals surface area contributed by atoms with Gasteiger partial charge < -0.3 is 5.32 Å². The van der Waals surface area contributed by atoms with Crippen LogP contribution in [0.1, 0.15) is 37.7 Å². The molecule has 2 aromatic heterocycles. The van der Waals surface area contributed by atoms with Crippen molar-refractivity contribution in [1.29, 1.82) is 0 Å². The molecule has 1 aliphatic rings. The highest BCUT2D eigenvalue weighted by atomic mass is 32.2. The van der Waals surface area contributed by atoms with Gasteiger partial charge in [-0.3, -0.25) is 19.4 Å². The quantitative estimate of drug-likeness (QED) is 0.219. The van der Waals surface area contributed by atoms with Crippen molar-refractivity contribution in [1.82, 2.24) is 19.7 Å². The molecule has 226 valence electrons. The smallest absolute Gasteiger partial charge is 0.307 e. The number of aryl methyl sites for hydroxylation is 1. The first kappa shape index (κ1) is 29.7. The fourth-order valence-corrected chi connectivity index (χ4v) is 6.53. The molecule has 3 heterocycles. The Morgan fingerprint density at radius 2 is 1.68 bits per heavy atom. The number of aromatic nitrogens is 3. The number of fused-ring (bicyclic) bond motifs is 1. The van der Waals surface area contributed by atoms with Crippen LogP contribution in [-0.4, -0.2) is 54.5 Å². The number of carbonyl (C=O) groups is 1. The summed E-state index contributed by atoms with van der Waals surface area (Å²) in [7, 11) is -0.704. The van der Waals surface area contributed by atoms with E-state index in [4.69, 9.17) is 10.1 Å². The summed E-state index contributed by atoms with van der Waals surface area (Å²) in [6, 6.07) is 25.9. The maximum atomic E-state index is 13.6. The Morgan fingerprint density at radius 1 is 0.932 bits per heavy atom. The van der Waals surface area contributed by atoms with Crippen molar-refractivity contribution in [2.45, 2.75) is 39.7 Å². The summed E-state index contributed by atoms with van der Waals surface area (Å²) in [6.07, 6.45) is 1.88. The molecule has 6 rings (SSSR count). The van der Waals surface area contributed by atoms with Crippen molar-refractivity contribution in [2.75, 3.05) is 35.2 Å². The Kier molecular flexibility index (Phi) is 8.33. The Bertz CT molecular complexity index is 1810. The van der Waals surface area contributed by atoms with E-state index in [1.54, 1.807) is 4.68 Å². The first-order chi connectivity index (χ1) is 21.1. The van der Waals surface area contributed by atoms with Crippen LogP contribution in [0, 0.1) is 6.92 Å². The molecular weight excluding hydrogens is 568 g/mol. The Labute approximate surface area is 261 Å². The molecule has 0 spiro atoms. The summed E-state index contributed by atoms with van der Waals surface area (Å²) in [6.45, 7) is 10.7. The van der Waals surface area contributed by atoms with Crippen LogP contribution >= 0.6 is 0 Å². The number of urea groups is 1. The second-order valence-corrected chi connectivity index (χ2v) is 14.1. The number of pyridine rings is 1. The SMILES string of the molecule is Cc1ccc(-n2nc(C(C)(C)C)cc2NC(=O)Nc2ccc3ccccc3c2-c2ccc(CN3CCS(=O)CC3)nc2)cc1. The van der Waals surface area contributed by atoms with Crippen LogP contribution in [-0.2, 0) is 22.8 Å². The summed E-state index contributed by atoms with van der Waals surface area (Å²) >= 11 is 0. The molecule has 0 bridgehead atoms. The van der Waals surface area contributed by atoms with Gasteiger partial charge in [0.15, 0.2) is 0 Å².